The molecule has 1 fully saturated rings. The smallest absolute Gasteiger partial charge is 0.348 e. The van der Waals surface area contributed by atoms with Crippen LogP contribution in [0.1, 0.15) is 34.9 Å². The average molecular weight is 335 g/mol. The number of rotatable bonds is 3. The number of nitrogens with zero attached hydrogens (tertiary/aromatic N) is 3. The van der Waals surface area contributed by atoms with Gasteiger partial charge in [-0.2, -0.15) is 0 Å². The summed E-state index contributed by atoms with van der Waals surface area (Å²) in [7, 11) is 0. The van der Waals surface area contributed by atoms with Gasteiger partial charge in [-0.05, 0) is 33.3 Å². The third-order valence-corrected chi connectivity index (χ3v) is 5.05. The van der Waals surface area contributed by atoms with E-state index in [-0.39, 0.29) is 12.1 Å². The van der Waals surface area contributed by atoms with Crippen molar-refractivity contribution in [3.63, 3.8) is 0 Å². The summed E-state index contributed by atoms with van der Waals surface area (Å²) in [6.07, 6.45) is 0.164. The van der Waals surface area contributed by atoms with Gasteiger partial charge in [-0.3, -0.25) is 0 Å². The van der Waals surface area contributed by atoms with Gasteiger partial charge in [0.05, 0.1) is 24.7 Å². The maximum absolute atomic E-state index is 12.2. The molecule has 0 amide bonds. The normalized spacial score (nSPS) is 18.4. The van der Waals surface area contributed by atoms with Gasteiger partial charge >= 0.3 is 5.97 Å². The van der Waals surface area contributed by atoms with Crippen LogP contribution in [0.4, 0.5) is 5.82 Å². The lowest BCUT2D eigenvalue weighted by atomic mass is 10.1. The number of aromatic nitrogens is 2. The molecule has 0 saturated carbocycles. The first-order valence-corrected chi connectivity index (χ1v) is 8.64. The number of carbonyl (C=O) groups is 1. The van der Waals surface area contributed by atoms with E-state index in [0.717, 1.165) is 34.7 Å². The van der Waals surface area contributed by atoms with E-state index >= 15 is 0 Å². The van der Waals surface area contributed by atoms with Crippen LogP contribution in [-0.2, 0) is 9.47 Å². The predicted octanol–water partition coefficient (Wildman–Crippen LogP) is 2.71. The molecule has 0 N–H and O–H groups in total. The summed E-state index contributed by atoms with van der Waals surface area (Å²) in [6, 6.07) is 0. The van der Waals surface area contributed by atoms with E-state index in [1.807, 2.05) is 20.8 Å². The van der Waals surface area contributed by atoms with Crippen molar-refractivity contribution in [2.75, 3.05) is 31.2 Å². The van der Waals surface area contributed by atoms with Crippen molar-refractivity contribution in [2.24, 2.45) is 0 Å². The number of aryl methyl sites for hydroxylation is 2. The fraction of sp³-hybridized carbons (Fsp3) is 0.562. The maximum atomic E-state index is 12.2. The molecule has 1 aliphatic heterocycles. The van der Waals surface area contributed by atoms with E-state index in [1.165, 1.54) is 11.3 Å². The van der Waals surface area contributed by atoms with Crippen molar-refractivity contribution in [3.8, 4) is 0 Å². The molecule has 1 aliphatic rings. The van der Waals surface area contributed by atoms with Gasteiger partial charge in [0.25, 0.3) is 0 Å². The minimum absolute atomic E-state index is 0.164. The number of ether oxygens (including phenoxy) is 2. The first-order valence-electron chi connectivity index (χ1n) is 7.82. The Hall–Kier alpha value is -1.73. The number of esters is 1. The second-order valence-electron chi connectivity index (χ2n) is 5.68. The highest BCUT2D eigenvalue weighted by molar-refractivity contribution is 7.20. The summed E-state index contributed by atoms with van der Waals surface area (Å²) in [5.74, 6) is 1.32. The summed E-state index contributed by atoms with van der Waals surface area (Å²) >= 11 is 1.38. The molecule has 3 heterocycles. The Balaban J connectivity index is 2.12. The fourth-order valence-electron chi connectivity index (χ4n) is 2.85. The molecule has 0 aliphatic carbocycles. The van der Waals surface area contributed by atoms with Crippen molar-refractivity contribution in [2.45, 2.75) is 33.8 Å². The molecule has 0 spiro atoms. The largest absolute Gasteiger partial charge is 0.462 e. The lowest BCUT2D eigenvalue weighted by Crippen LogP contribution is -2.41. The molecule has 6 nitrogen and oxygen atoms in total. The van der Waals surface area contributed by atoms with E-state index in [4.69, 9.17) is 9.47 Å². The maximum Gasteiger partial charge on any atom is 0.348 e. The second-order valence-corrected chi connectivity index (χ2v) is 6.68. The number of carbonyl (C=O) groups excluding carboxylic acids is 1. The van der Waals surface area contributed by atoms with E-state index < -0.39 is 0 Å². The molecule has 2 aromatic rings. The molecule has 0 radical (unpaired) electrons. The van der Waals surface area contributed by atoms with Gasteiger partial charge in [0.1, 0.15) is 21.3 Å². The van der Waals surface area contributed by atoms with Crippen molar-refractivity contribution in [3.05, 3.63) is 16.3 Å². The van der Waals surface area contributed by atoms with Crippen LogP contribution in [-0.4, -0.2) is 48.3 Å². The quantitative estimate of drug-likeness (QED) is 0.804. The van der Waals surface area contributed by atoms with Crippen molar-refractivity contribution in [1.29, 1.82) is 0 Å². The Morgan fingerprint density at radius 3 is 2.91 bits per heavy atom. The predicted molar refractivity (Wildman–Crippen MR) is 90.5 cm³/mol. The molecule has 0 unspecified atom stereocenters. The summed E-state index contributed by atoms with van der Waals surface area (Å²) < 4.78 is 10.8. The van der Waals surface area contributed by atoms with E-state index in [9.17, 15) is 4.79 Å². The topological polar surface area (TPSA) is 64.5 Å². The standard InChI is InChI=1S/C16H21N3O3S/c1-5-21-16(20)13-10(3)12-14(17-11(4)18-15(12)23-13)19-6-7-22-9(2)8-19/h9H,5-8H2,1-4H3/t9-/m1/s1. The third-order valence-electron chi connectivity index (χ3n) is 3.88. The molecular weight excluding hydrogens is 314 g/mol. The van der Waals surface area contributed by atoms with E-state index in [1.54, 1.807) is 0 Å². The zero-order valence-corrected chi connectivity index (χ0v) is 14.7. The first-order chi connectivity index (χ1) is 11.0. The molecule has 1 atom stereocenters. The van der Waals surface area contributed by atoms with Crippen molar-refractivity contribution >= 4 is 33.3 Å². The van der Waals surface area contributed by atoms with Gasteiger partial charge in [0.2, 0.25) is 0 Å². The molecule has 0 aromatic carbocycles. The van der Waals surface area contributed by atoms with Gasteiger partial charge in [0, 0.05) is 13.1 Å². The van der Waals surface area contributed by atoms with Crippen LogP contribution in [0.15, 0.2) is 0 Å². The lowest BCUT2D eigenvalue weighted by molar-refractivity contribution is 0.0525. The second kappa shape index (κ2) is 6.41. The Kier molecular flexibility index (Phi) is 4.50. The minimum Gasteiger partial charge on any atom is -0.462 e. The number of morpholine rings is 1. The van der Waals surface area contributed by atoms with Crippen LogP contribution in [0.25, 0.3) is 10.2 Å². The number of thiophene rings is 1. The van der Waals surface area contributed by atoms with E-state index in [2.05, 4.69) is 21.8 Å². The zero-order chi connectivity index (χ0) is 16.6. The Morgan fingerprint density at radius 2 is 2.22 bits per heavy atom. The van der Waals surface area contributed by atoms with Crippen LogP contribution in [0, 0.1) is 13.8 Å². The van der Waals surface area contributed by atoms with Gasteiger partial charge in [-0.15, -0.1) is 11.3 Å². The van der Waals surface area contributed by atoms with Crippen LogP contribution >= 0.6 is 11.3 Å². The molecule has 2 aromatic heterocycles. The molecule has 124 valence electrons. The van der Waals surface area contributed by atoms with Crippen LogP contribution in [0.2, 0.25) is 0 Å². The monoisotopic (exact) mass is 335 g/mol. The molecule has 23 heavy (non-hydrogen) atoms. The molecule has 7 heteroatoms. The summed E-state index contributed by atoms with van der Waals surface area (Å²) in [5, 5.41) is 0.956. The zero-order valence-electron chi connectivity index (χ0n) is 13.9. The average Bonchev–Trinajstić information content (AvgIpc) is 2.83. The summed E-state index contributed by atoms with van der Waals surface area (Å²) in [5.41, 5.74) is 0.901. The molecular formula is C16H21N3O3S. The number of fused-ring (bicyclic) bond motifs is 1. The van der Waals surface area contributed by atoms with Crippen LogP contribution in [0.5, 0.6) is 0 Å². The highest BCUT2D eigenvalue weighted by Crippen LogP contribution is 2.36. The van der Waals surface area contributed by atoms with E-state index in [0.29, 0.717) is 23.9 Å². The Bertz CT molecular complexity index is 744. The number of anilines is 1. The highest BCUT2D eigenvalue weighted by atomic mass is 32.1. The van der Waals surface area contributed by atoms with Gasteiger partial charge in [-0.1, -0.05) is 0 Å². The fourth-order valence-corrected chi connectivity index (χ4v) is 3.97. The minimum atomic E-state index is -0.285. The Labute approximate surface area is 139 Å². The first kappa shape index (κ1) is 16.1. The van der Waals surface area contributed by atoms with Crippen LogP contribution < -0.4 is 4.90 Å². The van der Waals surface area contributed by atoms with Crippen molar-refractivity contribution < 1.29 is 14.3 Å². The molecule has 0 bridgehead atoms. The molecule has 1 saturated heterocycles. The van der Waals surface area contributed by atoms with Crippen molar-refractivity contribution in [1.82, 2.24) is 9.97 Å². The van der Waals surface area contributed by atoms with Gasteiger partial charge < -0.3 is 14.4 Å². The van der Waals surface area contributed by atoms with Gasteiger partial charge in [-0.25, -0.2) is 14.8 Å². The Morgan fingerprint density at radius 1 is 1.43 bits per heavy atom. The van der Waals surface area contributed by atoms with Crippen LogP contribution in [0.3, 0.4) is 0 Å². The SMILES string of the molecule is CCOC(=O)c1sc2nc(C)nc(N3CCO[C@H](C)C3)c2c1C. The summed E-state index contributed by atoms with van der Waals surface area (Å²) in [6.45, 7) is 10.3. The lowest BCUT2D eigenvalue weighted by Gasteiger charge is -2.32. The van der Waals surface area contributed by atoms with Gasteiger partial charge in [0.15, 0.2) is 0 Å². The number of hydrogen-bond donors (Lipinski definition) is 0. The summed E-state index contributed by atoms with van der Waals surface area (Å²) in [4.78, 5) is 25.0. The molecule has 3 rings (SSSR count). The third kappa shape index (κ3) is 3.03. The number of hydrogen-bond acceptors (Lipinski definition) is 7. The highest BCUT2D eigenvalue weighted by Gasteiger charge is 2.25.